The molecule has 1 aromatic heterocycles. The molecule has 1 unspecified atom stereocenters. The zero-order valence-electron chi connectivity index (χ0n) is 14.4. The number of aryl methyl sites for hydroxylation is 1. The number of thioether (sulfide) groups is 1. The molecule has 6 nitrogen and oxygen atoms in total. The number of hydrogen-bond acceptors (Lipinski definition) is 5. The van der Waals surface area contributed by atoms with Gasteiger partial charge in [-0.3, -0.25) is 4.79 Å². The highest BCUT2D eigenvalue weighted by Gasteiger charge is 2.21. The van der Waals surface area contributed by atoms with Crippen LogP contribution in [0.3, 0.4) is 0 Å². The van der Waals surface area contributed by atoms with Crippen LogP contribution in [0.2, 0.25) is 5.02 Å². The van der Waals surface area contributed by atoms with Crippen molar-refractivity contribution in [2.45, 2.75) is 44.0 Å². The normalized spacial score (nSPS) is 16.8. The Morgan fingerprint density at radius 3 is 3.04 bits per heavy atom. The third-order valence-electron chi connectivity index (χ3n) is 4.06. The molecule has 1 saturated heterocycles. The van der Waals surface area contributed by atoms with E-state index in [-0.39, 0.29) is 22.8 Å². The first kappa shape index (κ1) is 19.1. The lowest BCUT2D eigenvalue weighted by Gasteiger charge is -2.14. The molecule has 1 aromatic carbocycles. The van der Waals surface area contributed by atoms with Gasteiger partial charge in [0.25, 0.3) is 0 Å². The lowest BCUT2D eigenvalue weighted by Crippen LogP contribution is -2.19. The fourth-order valence-corrected chi connectivity index (χ4v) is 3.71. The van der Waals surface area contributed by atoms with Gasteiger partial charge in [0.15, 0.2) is 5.16 Å². The van der Waals surface area contributed by atoms with Crippen LogP contribution in [-0.4, -0.2) is 39.1 Å². The first-order chi connectivity index (χ1) is 12.6. The van der Waals surface area contributed by atoms with Gasteiger partial charge in [-0.25, -0.2) is 4.39 Å². The summed E-state index contributed by atoms with van der Waals surface area (Å²) >= 11 is 7.04. The Balaban J connectivity index is 1.60. The fourth-order valence-electron chi connectivity index (χ4n) is 2.76. The summed E-state index contributed by atoms with van der Waals surface area (Å²) in [6.07, 6.45) is 3.03. The van der Waals surface area contributed by atoms with Gasteiger partial charge in [0, 0.05) is 18.7 Å². The topological polar surface area (TPSA) is 69.0 Å². The Hall–Kier alpha value is -1.64. The van der Waals surface area contributed by atoms with Gasteiger partial charge in [0.05, 0.1) is 23.4 Å². The smallest absolute Gasteiger partial charge is 0.234 e. The molecule has 1 atom stereocenters. The highest BCUT2D eigenvalue weighted by Crippen LogP contribution is 2.23. The van der Waals surface area contributed by atoms with Crippen LogP contribution in [0.1, 0.15) is 25.6 Å². The maximum Gasteiger partial charge on any atom is 0.234 e. The van der Waals surface area contributed by atoms with Gasteiger partial charge in [-0.1, -0.05) is 30.3 Å². The molecule has 9 heteroatoms. The molecule has 1 N–H and O–H groups in total. The Kier molecular flexibility index (Phi) is 6.50. The molecule has 3 rings (SSSR count). The highest BCUT2D eigenvalue weighted by molar-refractivity contribution is 7.99. The predicted molar refractivity (Wildman–Crippen MR) is 99.1 cm³/mol. The van der Waals surface area contributed by atoms with Crippen molar-refractivity contribution in [3.05, 3.63) is 34.9 Å². The number of rotatable bonds is 7. The van der Waals surface area contributed by atoms with E-state index in [9.17, 15) is 9.18 Å². The number of aromatic nitrogens is 3. The summed E-state index contributed by atoms with van der Waals surface area (Å²) in [6.45, 7) is 3.52. The summed E-state index contributed by atoms with van der Waals surface area (Å²) in [5.41, 5.74) is 0.456. The first-order valence-electron chi connectivity index (χ1n) is 8.48. The van der Waals surface area contributed by atoms with Gasteiger partial charge >= 0.3 is 0 Å². The number of benzene rings is 1. The molecular formula is C17H20ClFN4O2S. The molecule has 0 radical (unpaired) electrons. The molecule has 1 amide bonds. The second-order valence-electron chi connectivity index (χ2n) is 5.96. The van der Waals surface area contributed by atoms with Crippen LogP contribution in [0.25, 0.3) is 0 Å². The van der Waals surface area contributed by atoms with E-state index in [1.54, 1.807) is 0 Å². The second kappa shape index (κ2) is 8.83. The maximum atomic E-state index is 13.2. The quantitative estimate of drug-likeness (QED) is 0.722. The summed E-state index contributed by atoms with van der Waals surface area (Å²) in [5, 5.41) is 11.8. The molecule has 140 valence electrons. The minimum absolute atomic E-state index is 0.0284. The number of carbonyl (C=O) groups excluding carboxylic acids is 1. The number of nitrogens with zero attached hydrogens (tertiary/aromatic N) is 3. The number of anilines is 1. The minimum Gasteiger partial charge on any atom is -0.376 e. The van der Waals surface area contributed by atoms with Gasteiger partial charge in [-0.15, -0.1) is 10.2 Å². The standard InChI is InChI=1S/C17H20ClFN4O2S/c1-2-15-21-22-17(23(15)9-12-4-3-7-25-12)26-10-16(24)20-11-5-6-14(19)13(18)8-11/h5-6,8,12H,2-4,7,9-10H2,1H3,(H,20,24). The monoisotopic (exact) mass is 398 g/mol. The van der Waals surface area contributed by atoms with Crippen molar-refractivity contribution < 1.29 is 13.9 Å². The van der Waals surface area contributed by atoms with Crippen LogP contribution in [0, 0.1) is 5.82 Å². The number of hydrogen-bond donors (Lipinski definition) is 1. The summed E-state index contributed by atoms with van der Waals surface area (Å²) in [4.78, 5) is 12.2. The van der Waals surface area contributed by atoms with Crippen LogP contribution in [0.5, 0.6) is 0 Å². The number of ether oxygens (including phenoxy) is 1. The maximum absolute atomic E-state index is 13.2. The van der Waals surface area contributed by atoms with E-state index in [0.717, 1.165) is 31.7 Å². The first-order valence-corrected chi connectivity index (χ1v) is 9.84. The van der Waals surface area contributed by atoms with Crippen LogP contribution in [0.15, 0.2) is 23.4 Å². The van der Waals surface area contributed by atoms with Crippen molar-refractivity contribution >= 4 is 35.0 Å². The van der Waals surface area contributed by atoms with E-state index in [1.165, 1.54) is 30.0 Å². The van der Waals surface area contributed by atoms with E-state index >= 15 is 0 Å². The average molecular weight is 399 g/mol. The molecule has 0 bridgehead atoms. The molecule has 2 heterocycles. The summed E-state index contributed by atoms with van der Waals surface area (Å²) < 4.78 is 20.9. The number of carbonyl (C=O) groups is 1. The Bertz CT molecular complexity index is 780. The van der Waals surface area contributed by atoms with Crippen molar-refractivity contribution in [1.82, 2.24) is 14.8 Å². The lowest BCUT2D eigenvalue weighted by atomic mass is 10.2. The van der Waals surface area contributed by atoms with E-state index < -0.39 is 5.82 Å². The van der Waals surface area contributed by atoms with Gasteiger partial charge in [-0.2, -0.15) is 0 Å². The lowest BCUT2D eigenvalue weighted by molar-refractivity contribution is -0.113. The molecule has 1 aliphatic heterocycles. The third-order valence-corrected chi connectivity index (χ3v) is 5.31. The van der Waals surface area contributed by atoms with E-state index in [4.69, 9.17) is 16.3 Å². The molecule has 0 spiro atoms. The largest absolute Gasteiger partial charge is 0.376 e. The van der Waals surface area contributed by atoms with Crippen LogP contribution >= 0.6 is 23.4 Å². The molecule has 1 aliphatic rings. The molecule has 26 heavy (non-hydrogen) atoms. The Morgan fingerprint density at radius 2 is 2.35 bits per heavy atom. The summed E-state index contributed by atoms with van der Waals surface area (Å²) in [5.74, 6) is 0.312. The van der Waals surface area contributed by atoms with E-state index in [0.29, 0.717) is 17.4 Å². The molecule has 1 fully saturated rings. The zero-order chi connectivity index (χ0) is 18.5. The van der Waals surface area contributed by atoms with Crippen molar-refractivity contribution in [3.8, 4) is 0 Å². The van der Waals surface area contributed by atoms with Crippen LogP contribution in [-0.2, 0) is 22.5 Å². The average Bonchev–Trinajstić information content (AvgIpc) is 3.26. The van der Waals surface area contributed by atoms with Gasteiger partial charge < -0.3 is 14.6 Å². The van der Waals surface area contributed by atoms with E-state index in [2.05, 4.69) is 15.5 Å². The molecular weight excluding hydrogens is 379 g/mol. The van der Waals surface area contributed by atoms with Crippen LogP contribution in [0.4, 0.5) is 10.1 Å². The van der Waals surface area contributed by atoms with Crippen molar-refractivity contribution in [2.75, 3.05) is 17.7 Å². The van der Waals surface area contributed by atoms with Crippen molar-refractivity contribution in [1.29, 1.82) is 0 Å². The second-order valence-corrected chi connectivity index (χ2v) is 7.31. The number of amides is 1. The minimum atomic E-state index is -0.520. The fraction of sp³-hybridized carbons (Fsp3) is 0.471. The Labute approximate surface area is 160 Å². The van der Waals surface area contributed by atoms with Crippen molar-refractivity contribution in [2.24, 2.45) is 0 Å². The van der Waals surface area contributed by atoms with E-state index in [1.807, 2.05) is 11.5 Å². The molecule has 0 saturated carbocycles. The summed E-state index contributed by atoms with van der Waals surface area (Å²) in [7, 11) is 0. The SMILES string of the molecule is CCc1nnc(SCC(=O)Nc2ccc(F)c(Cl)c2)n1CC1CCCO1. The zero-order valence-corrected chi connectivity index (χ0v) is 15.9. The van der Waals surface area contributed by atoms with Gasteiger partial charge in [0.1, 0.15) is 11.6 Å². The van der Waals surface area contributed by atoms with Gasteiger partial charge in [-0.05, 0) is 31.0 Å². The number of nitrogens with one attached hydrogen (secondary N) is 1. The molecule has 0 aliphatic carbocycles. The third kappa shape index (κ3) is 4.75. The summed E-state index contributed by atoms with van der Waals surface area (Å²) in [6, 6.07) is 4.07. The number of halogens is 2. The molecule has 2 aromatic rings. The Morgan fingerprint density at radius 1 is 1.50 bits per heavy atom. The van der Waals surface area contributed by atoms with Gasteiger partial charge in [0.2, 0.25) is 5.91 Å². The van der Waals surface area contributed by atoms with Crippen molar-refractivity contribution in [3.63, 3.8) is 0 Å². The highest BCUT2D eigenvalue weighted by atomic mass is 35.5. The predicted octanol–water partition coefficient (Wildman–Crippen LogP) is 3.54. The van der Waals surface area contributed by atoms with Crippen LogP contribution < -0.4 is 5.32 Å².